The van der Waals surface area contributed by atoms with Crippen LogP contribution in [0.1, 0.15) is 65.7 Å². The summed E-state index contributed by atoms with van der Waals surface area (Å²) in [7, 11) is 0. The number of unbranched alkanes of at least 4 members (excludes halogenated alkanes) is 4. The quantitative estimate of drug-likeness (QED) is 0.499. The lowest BCUT2D eigenvalue weighted by molar-refractivity contribution is -0.142. The van der Waals surface area contributed by atoms with Gasteiger partial charge in [-0.1, -0.05) is 39.5 Å². The van der Waals surface area contributed by atoms with Crippen molar-refractivity contribution in [3.8, 4) is 0 Å². The van der Waals surface area contributed by atoms with Crippen LogP contribution in [-0.2, 0) is 19.1 Å². The van der Waals surface area contributed by atoms with Crippen molar-refractivity contribution in [1.29, 1.82) is 0 Å². The molecule has 0 amide bonds. The van der Waals surface area contributed by atoms with Gasteiger partial charge in [-0.25, -0.2) is 0 Å². The Morgan fingerprint density at radius 2 is 1.89 bits per heavy atom. The molecule has 0 radical (unpaired) electrons. The summed E-state index contributed by atoms with van der Waals surface area (Å²) in [6.07, 6.45) is 5.85. The van der Waals surface area contributed by atoms with Gasteiger partial charge in [-0.2, -0.15) is 0 Å². The molecule has 0 spiro atoms. The number of Topliss-reactive ketones (excluding diaryl/α,β-unsaturated/α-hetero) is 1. The lowest BCUT2D eigenvalue weighted by Gasteiger charge is -2.05. The average molecular weight is 268 g/mol. The molecule has 0 bridgehead atoms. The second-order valence-corrected chi connectivity index (χ2v) is 4.90. The number of esters is 1. The van der Waals surface area contributed by atoms with E-state index in [9.17, 15) is 9.59 Å². The Morgan fingerprint density at radius 3 is 2.47 bits per heavy atom. The topological polar surface area (TPSA) is 52.6 Å². The fourth-order valence-electron chi connectivity index (χ4n) is 2.07. The van der Waals surface area contributed by atoms with Gasteiger partial charge >= 0.3 is 5.97 Å². The number of ketones is 1. The molecule has 1 aliphatic rings. The number of carbonyl (C=O) groups excluding carboxylic acids is 2. The summed E-state index contributed by atoms with van der Waals surface area (Å²) >= 11 is 0. The molecule has 108 valence electrons. The van der Waals surface area contributed by atoms with Gasteiger partial charge in [-0.3, -0.25) is 9.59 Å². The van der Waals surface area contributed by atoms with Crippen molar-refractivity contribution in [3.05, 3.63) is 11.5 Å². The maximum absolute atomic E-state index is 11.8. The first-order chi connectivity index (χ1) is 9.10. The van der Waals surface area contributed by atoms with Crippen molar-refractivity contribution in [2.45, 2.75) is 71.8 Å². The molecule has 0 aliphatic carbocycles. The Balaban J connectivity index is 2.32. The number of carbonyl (C=O) groups is 2. The third-order valence-electron chi connectivity index (χ3n) is 3.23. The summed E-state index contributed by atoms with van der Waals surface area (Å²) in [6, 6.07) is 0. The van der Waals surface area contributed by atoms with E-state index in [0.29, 0.717) is 18.6 Å². The second-order valence-electron chi connectivity index (χ2n) is 4.90. The number of allylic oxidation sites excluding steroid dienone is 1. The molecule has 1 atom stereocenters. The van der Waals surface area contributed by atoms with E-state index >= 15 is 0 Å². The Labute approximate surface area is 115 Å². The van der Waals surface area contributed by atoms with E-state index in [1.165, 1.54) is 12.8 Å². The SMILES string of the molecule is CCCCCCCC(=O)OC1=C(C)OC(CC)C1=O. The molecule has 0 fully saturated rings. The van der Waals surface area contributed by atoms with Crippen LogP contribution >= 0.6 is 0 Å². The maximum Gasteiger partial charge on any atom is 0.311 e. The molecule has 1 rings (SSSR count). The van der Waals surface area contributed by atoms with Crippen molar-refractivity contribution in [3.63, 3.8) is 0 Å². The van der Waals surface area contributed by atoms with Crippen LogP contribution in [0.15, 0.2) is 11.5 Å². The molecule has 4 heteroatoms. The highest BCUT2D eigenvalue weighted by Crippen LogP contribution is 2.24. The van der Waals surface area contributed by atoms with Gasteiger partial charge in [0.2, 0.25) is 11.5 Å². The van der Waals surface area contributed by atoms with E-state index in [-0.39, 0.29) is 17.5 Å². The molecular weight excluding hydrogens is 244 g/mol. The normalized spacial score (nSPS) is 18.7. The zero-order valence-corrected chi connectivity index (χ0v) is 12.2. The van der Waals surface area contributed by atoms with E-state index in [2.05, 4.69) is 6.92 Å². The largest absolute Gasteiger partial charge is 0.483 e. The van der Waals surface area contributed by atoms with Gasteiger partial charge < -0.3 is 9.47 Å². The van der Waals surface area contributed by atoms with Crippen LogP contribution in [0.5, 0.6) is 0 Å². The van der Waals surface area contributed by atoms with Crippen molar-refractivity contribution in [2.24, 2.45) is 0 Å². The van der Waals surface area contributed by atoms with Crippen molar-refractivity contribution < 1.29 is 19.1 Å². The predicted molar refractivity (Wildman–Crippen MR) is 72.3 cm³/mol. The predicted octanol–water partition coefficient (Wildman–Crippen LogP) is 3.50. The monoisotopic (exact) mass is 268 g/mol. The fraction of sp³-hybridized carbons (Fsp3) is 0.733. The third kappa shape index (κ3) is 4.69. The van der Waals surface area contributed by atoms with E-state index in [4.69, 9.17) is 9.47 Å². The number of hydrogen-bond donors (Lipinski definition) is 0. The van der Waals surface area contributed by atoms with Crippen LogP contribution in [0.3, 0.4) is 0 Å². The Hall–Kier alpha value is -1.32. The molecule has 19 heavy (non-hydrogen) atoms. The summed E-state index contributed by atoms with van der Waals surface area (Å²) in [5, 5.41) is 0. The summed E-state index contributed by atoms with van der Waals surface area (Å²) in [5.74, 6) is -0.0134. The van der Waals surface area contributed by atoms with Crippen LogP contribution in [0.25, 0.3) is 0 Å². The highest BCUT2D eigenvalue weighted by Gasteiger charge is 2.34. The zero-order valence-electron chi connectivity index (χ0n) is 12.2. The zero-order chi connectivity index (χ0) is 14.3. The van der Waals surface area contributed by atoms with E-state index in [1.54, 1.807) is 6.92 Å². The molecule has 0 aromatic rings. The fourth-order valence-corrected chi connectivity index (χ4v) is 2.07. The van der Waals surface area contributed by atoms with Crippen molar-refractivity contribution in [2.75, 3.05) is 0 Å². The lowest BCUT2D eigenvalue weighted by Crippen LogP contribution is -2.19. The van der Waals surface area contributed by atoms with Crippen molar-refractivity contribution >= 4 is 11.8 Å². The molecule has 1 unspecified atom stereocenters. The van der Waals surface area contributed by atoms with E-state index < -0.39 is 6.10 Å². The minimum atomic E-state index is -0.479. The molecule has 4 nitrogen and oxygen atoms in total. The van der Waals surface area contributed by atoms with Gasteiger partial charge in [-0.15, -0.1) is 0 Å². The first-order valence-corrected chi connectivity index (χ1v) is 7.22. The third-order valence-corrected chi connectivity index (χ3v) is 3.23. The minimum Gasteiger partial charge on any atom is -0.483 e. The van der Waals surface area contributed by atoms with Crippen molar-refractivity contribution in [1.82, 2.24) is 0 Å². The average Bonchev–Trinajstić information content (AvgIpc) is 2.66. The highest BCUT2D eigenvalue weighted by molar-refractivity contribution is 6.01. The molecule has 0 aromatic carbocycles. The van der Waals surface area contributed by atoms with Crippen LogP contribution in [-0.4, -0.2) is 17.9 Å². The van der Waals surface area contributed by atoms with Gasteiger partial charge in [0, 0.05) is 6.42 Å². The standard InChI is InChI=1S/C15H24O4/c1-4-6-7-8-9-10-13(16)19-15-11(3)18-12(5-2)14(15)17/h12H,4-10H2,1-3H3. The Bertz CT molecular complexity index is 357. The molecule has 0 aromatic heterocycles. The summed E-state index contributed by atoms with van der Waals surface area (Å²) in [6.45, 7) is 5.69. The summed E-state index contributed by atoms with van der Waals surface area (Å²) in [5.41, 5.74) is 0. The Kier molecular flexibility index (Phi) is 6.60. The number of hydrogen-bond acceptors (Lipinski definition) is 4. The van der Waals surface area contributed by atoms with Gasteiger partial charge in [0.15, 0.2) is 6.10 Å². The Morgan fingerprint density at radius 1 is 1.21 bits per heavy atom. The van der Waals surface area contributed by atoms with Gasteiger partial charge in [0.05, 0.1) is 0 Å². The first kappa shape index (κ1) is 15.7. The molecule has 0 saturated heterocycles. The van der Waals surface area contributed by atoms with Crippen LogP contribution < -0.4 is 0 Å². The number of ether oxygens (including phenoxy) is 2. The first-order valence-electron chi connectivity index (χ1n) is 7.22. The van der Waals surface area contributed by atoms with Crippen LogP contribution in [0.2, 0.25) is 0 Å². The maximum atomic E-state index is 11.8. The lowest BCUT2D eigenvalue weighted by atomic mass is 10.1. The van der Waals surface area contributed by atoms with Gasteiger partial charge in [0.25, 0.3) is 0 Å². The molecule has 1 heterocycles. The molecule has 0 N–H and O–H groups in total. The summed E-state index contributed by atoms with van der Waals surface area (Å²) in [4.78, 5) is 23.5. The van der Waals surface area contributed by atoms with E-state index in [1.807, 2.05) is 6.92 Å². The number of rotatable bonds is 8. The molecule has 0 saturated carbocycles. The van der Waals surface area contributed by atoms with Gasteiger partial charge in [0.1, 0.15) is 5.76 Å². The van der Waals surface area contributed by atoms with E-state index in [0.717, 1.165) is 19.3 Å². The molecular formula is C15H24O4. The van der Waals surface area contributed by atoms with Gasteiger partial charge in [-0.05, 0) is 19.8 Å². The van der Waals surface area contributed by atoms with Crippen LogP contribution in [0, 0.1) is 0 Å². The smallest absolute Gasteiger partial charge is 0.311 e. The molecule has 1 aliphatic heterocycles. The highest BCUT2D eigenvalue weighted by atomic mass is 16.6. The van der Waals surface area contributed by atoms with Crippen LogP contribution in [0.4, 0.5) is 0 Å². The second kappa shape index (κ2) is 7.97. The minimum absolute atomic E-state index is 0.102. The summed E-state index contributed by atoms with van der Waals surface area (Å²) < 4.78 is 10.5.